The molecule has 0 saturated carbocycles. The van der Waals surface area contributed by atoms with Crippen LogP contribution in [0.15, 0.2) is 0 Å². The van der Waals surface area contributed by atoms with E-state index in [1.54, 1.807) is 0 Å². The minimum atomic E-state index is -7.23. The normalized spacial score (nSPS) is 16.0. The van der Waals surface area contributed by atoms with Crippen LogP contribution in [0, 0.1) is 0 Å². The topological polar surface area (TPSA) is 9.23 Å². The molecule has 13 heteroatoms. The Hall–Kier alpha value is -0.880. The summed E-state index contributed by atoms with van der Waals surface area (Å²) in [7, 11) is 0. The highest BCUT2D eigenvalue weighted by molar-refractivity contribution is 4.86. The van der Waals surface area contributed by atoms with Crippen LogP contribution in [-0.2, 0) is 4.74 Å². The summed E-state index contributed by atoms with van der Waals surface area (Å²) in [6, 6.07) is 0. The van der Waals surface area contributed by atoms with Crippen molar-refractivity contribution in [3.05, 3.63) is 0 Å². The third kappa shape index (κ3) is 2.92. The first kappa shape index (κ1) is 17.1. The molecule has 0 amide bonds. The minimum absolute atomic E-state index is 1.32. The quantitative estimate of drug-likeness (QED) is 0.717. The van der Waals surface area contributed by atoms with Gasteiger partial charge in [0.05, 0.1) is 0 Å². The summed E-state index contributed by atoms with van der Waals surface area (Å²) in [5, 5.41) is 0. The molecule has 0 fully saturated rings. The average Bonchev–Trinajstić information content (AvgIpc) is 1.96. The van der Waals surface area contributed by atoms with Crippen LogP contribution in [0.25, 0.3) is 0 Å². The Bertz CT molecular complexity index is 297. The highest BCUT2D eigenvalue weighted by atomic mass is 19.4. The second-order valence-electron chi connectivity index (χ2n) is 2.71. The fourth-order valence-electron chi connectivity index (χ4n) is 0.448. The van der Waals surface area contributed by atoms with Crippen LogP contribution >= 0.6 is 0 Å². The zero-order valence-electron chi connectivity index (χ0n) is 7.44. The molecule has 0 N–H and O–H groups in total. The molecule has 0 radical (unpaired) electrons. The Morgan fingerprint density at radius 2 is 0.778 bits per heavy atom. The third-order valence-corrected chi connectivity index (χ3v) is 1.31. The first-order valence-electron chi connectivity index (χ1n) is 3.43. The lowest BCUT2D eigenvalue weighted by molar-refractivity contribution is -0.508. The highest BCUT2D eigenvalue weighted by Crippen LogP contribution is 2.51. The monoisotopic (exact) mass is 304 g/mol. The summed E-state index contributed by atoms with van der Waals surface area (Å²) in [4.78, 5) is 0. The van der Waals surface area contributed by atoms with Crippen LogP contribution in [-0.4, -0.2) is 30.5 Å². The average molecular weight is 304 g/mol. The van der Waals surface area contributed by atoms with Crippen LogP contribution in [0.3, 0.4) is 0 Å². The first-order chi connectivity index (χ1) is 7.46. The van der Waals surface area contributed by atoms with E-state index in [4.69, 9.17) is 0 Å². The number of hydrogen-bond acceptors (Lipinski definition) is 1. The van der Waals surface area contributed by atoms with Crippen LogP contribution < -0.4 is 0 Å². The molecule has 1 nitrogen and oxygen atoms in total. The molecule has 0 aromatic rings. The van der Waals surface area contributed by atoms with E-state index in [1.165, 1.54) is 4.74 Å². The summed E-state index contributed by atoms with van der Waals surface area (Å²) in [6.07, 6.45) is -28.0. The fraction of sp³-hybridized carbons (Fsp3) is 1.00. The lowest BCUT2D eigenvalue weighted by Gasteiger charge is -2.30. The van der Waals surface area contributed by atoms with Gasteiger partial charge in [-0.3, -0.25) is 0 Å². The van der Waals surface area contributed by atoms with Crippen molar-refractivity contribution >= 4 is 0 Å². The molecule has 0 aromatic heterocycles. The molecule has 110 valence electrons. The minimum Gasteiger partial charge on any atom is -0.243 e. The molecule has 0 unspecified atom stereocenters. The van der Waals surface area contributed by atoms with Gasteiger partial charge in [0.1, 0.15) is 0 Å². The van der Waals surface area contributed by atoms with Crippen molar-refractivity contribution in [2.75, 3.05) is 0 Å². The summed E-state index contributed by atoms with van der Waals surface area (Å²) in [5.41, 5.74) is 0. The SMILES string of the molecule is FC(F)(F)C(F)(F)OC(F)(F)C(F)(F)C(F)(F)F. The standard InChI is InChI=1S/C5F12O/c6-1(7,2(8,9)10)4(14,15)18-5(16,17)3(11,12)13. The van der Waals surface area contributed by atoms with Gasteiger partial charge in [-0.05, 0) is 0 Å². The second kappa shape index (κ2) is 4.06. The van der Waals surface area contributed by atoms with Gasteiger partial charge in [0.15, 0.2) is 0 Å². The van der Waals surface area contributed by atoms with E-state index in [0.29, 0.717) is 0 Å². The van der Waals surface area contributed by atoms with E-state index >= 15 is 0 Å². The van der Waals surface area contributed by atoms with Gasteiger partial charge in [0.2, 0.25) is 0 Å². The predicted molar refractivity (Wildman–Crippen MR) is 28.0 cm³/mol. The molecule has 0 aliphatic rings. The van der Waals surface area contributed by atoms with E-state index in [0.717, 1.165) is 0 Å². The van der Waals surface area contributed by atoms with Gasteiger partial charge in [-0.25, -0.2) is 4.74 Å². The Morgan fingerprint density at radius 1 is 0.444 bits per heavy atom. The van der Waals surface area contributed by atoms with Gasteiger partial charge >= 0.3 is 30.5 Å². The summed E-state index contributed by atoms with van der Waals surface area (Å²) in [5.74, 6) is -7.23. The van der Waals surface area contributed by atoms with E-state index in [1.807, 2.05) is 0 Å². The van der Waals surface area contributed by atoms with E-state index in [-0.39, 0.29) is 0 Å². The Labute approximate surface area is 89.3 Å². The van der Waals surface area contributed by atoms with E-state index < -0.39 is 30.5 Å². The molecule has 0 atom stereocenters. The smallest absolute Gasteiger partial charge is 0.243 e. The van der Waals surface area contributed by atoms with Crippen molar-refractivity contribution in [2.24, 2.45) is 0 Å². The largest absolute Gasteiger partial charge is 0.483 e. The molecule has 0 aromatic carbocycles. The Kier molecular flexibility index (Phi) is 3.86. The molecule has 0 heterocycles. The first-order valence-corrected chi connectivity index (χ1v) is 3.43. The Morgan fingerprint density at radius 3 is 1.00 bits per heavy atom. The fourth-order valence-corrected chi connectivity index (χ4v) is 0.448. The summed E-state index contributed by atoms with van der Waals surface area (Å²) < 4.78 is 141. The van der Waals surface area contributed by atoms with E-state index in [9.17, 15) is 52.7 Å². The van der Waals surface area contributed by atoms with Crippen molar-refractivity contribution in [1.82, 2.24) is 0 Å². The molecular weight excluding hydrogens is 304 g/mol. The van der Waals surface area contributed by atoms with Crippen LogP contribution in [0.4, 0.5) is 52.7 Å². The predicted octanol–water partition coefficient (Wildman–Crippen LogP) is 3.95. The second-order valence-corrected chi connectivity index (χ2v) is 2.71. The molecule has 18 heavy (non-hydrogen) atoms. The van der Waals surface area contributed by atoms with Crippen molar-refractivity contribution in [2.45, 2.75) is 30.5 Å². The zero-order chi connectivity index (χ0) is 15.2. The maximum absolute atomic E-state index is 12.1. The Balaban J connectivity index is 5.33. The van der Waals surface area contributed by atoms with Crippen molar-refractivity contribution < 1.29 is 57.4 Å². The molecule has 0 bridgehead atoms. The lowest BCUT2D eigenvalue weighted by Crippen LogP contribution is -2.57. The maximum Gasteiger partial charge on any atom is 0.483 e. The molecule has 0 saturated heterocycles. The van der Waals surface area contributed by atoms with Gasteiger partial charge < -0.3 is 0 Å². The molecule has 0 aliphatic heterocycles. The van der Waals surface area contributed by atoms with E-state index in [2.05, 4.69) is 0 Å². The number of rotatable bonds is 3. The summed E-state index contributed by atoms with van der Waals surface area (Å²) in [6.45, 7) is 0. The van der Waals surface area contributed by atoms with Crippen molar-refractivity contribution in [3.63, 3.8) is 0 Å². The van der Waals surface area contributed by atoms with Crippen molar-refractivity contribution in [3.8, 4) is 0 Å². The zero-order valence-corrected chi connectivity index (χ0v) is 7.44. The van der Waals surface area contributed by atoms with Gasteiger partial charge in [-0.1, -0.05) is 0 Å². The van der Waals surface area contributed by atoms with Crippen LogP contribution in [0.5, 0.6) is 0 Å². The molecular formula is C5F12O. The van der Waals surface area contributed by atoms with Gasteiger partial charge in [0.25, 0.3) is 0 Å². The molecule has 0 spiro atoms. The van der Waals surface area contributed by atoms with Gasteiger partial charge in [0, 0.05) is 0 Å². The number of hydrogen-bond donors (Lipinski definition) is 0. The number of halogens is 12. The number of ether oxygens (including phenoxy) is 1. The lowest BCUT2D eigenvalue weighted by atomic mass is 10.3. The van der Waals surface area contributed by atoms with Gasteiger partial charge in [-0.15, -0.1) is 0 Å². The molecule has 0 aliphatic carbocycles. The summed E-state index contributed by atoms with van der Waals surface area (Å²) >= 11 is 0. The van der Waals surface area contributed by atoms with Crippen LogP contribution in [0.1, 0.15) is 0 Å². The molecule has 0 rings (SSSR count). The highest BCUT2D eigenvalue weighted by Gasteiger charge is 2.78. The van der Waals surface area contributed by atoms with Crippen molar-refractivity contribution in [1.29, 1.82) is 0 Å². The van der Waals surface area contributed by atoms with Gasteiger partial charge in [-0.2, -0.15) is 52.7 Å². The van der Waals surface area contributed by atoms with Crippen LogP contribution in [0.2, 0.25) is 0 Å². The third-order valence-electron chi connectivity index (χ3n) is 1.31. The maximum atomic E-state index is 12.1. The number of alkyl halides is 12.